The zero-order chi connectivity index (χ0) is 13.3. The quantitative estimate of drug-likeness (QED) is 0.756. The lowest BCUT2D eigenvalue weighted by Gasteiger charge is -2.22. The number of benzene rings is 1. The molecule has 2 nitrogen and oxygen atoms in total. The van der Waals surface area contributed by atoms with Crippen LogP contribution in [0.25, 0.3) is 0 Å². The molecule has 1 aromatic rings. The Morgan fingerprint density at radius 2 is 1.84 bits per heavy atom. The zero-order valence-electron chi connectivity index (χ0n) is 12.2. The highest BCUT2D eigenvalue weighted by Crippen LogP contribution is 2.22. The fourth-order valence-electron chi connectivity index (χ4n) is 2.78. The Morgan fingerprint density at radius 3 is 2.58 bits per heavy atom. The molecule has 106 valence electrons. The van der Waals surface area contributed by atoms with Crippen molar-refractivity contribution < 1.29 is 4.74 Å². The summed E-state index contributed by atoms with van der Waals surface area (Å²) in [6.45, 7) is 5.03. The summed E-state index contributed by atoms with van der Waals surface area (Å²) in [7, 11) is 0. The first-order chi connectivity index (χ1) is 9.40. The summed E-state index contributed by atoms with van der Waals surface area (Å²) in [6, 6.07) is 8.70. The maximum atomic E-state index is 6.10. The number of hydrogen-bond donors (Lipinski definition) is 1. The average Bonchev–Trinajstić information content (AvgIpc) is 2.48. The summed E-state index contributed by atoms with van der Waals surface area (Å²) in [6.07, 6.45) is 8.16. The van der Waals surface area contributed by atoms with E-state index in [1.807, 2.05) is 0 Å². The Labute approximate surface area is 117 Å². The first-order valence-electron chi connectivity index (χ1n) is 7.79. The molecular weight excluding hydrogens is 234 g/mol. The van der Waals surface area contributed by atoms with Crippen LogP contribution in [-0.2, 0) is 17.8 Å². The summed E-state index contributed by atoms with van der Waals surface area (Å²) in [5.41, 5.74) is 2.80. The SMILES string of the molecule is CCNCCc1ccccc1COC1CCCCC1. The fourth-order valence-corrected chi connectivity index (χ4v) is 2.78. The smallest absolute Gasteiger partial charge is 0.0723 e. The van der Waals surface area contributed by atoms with Gasteiger partial charge in [-0.15, -0.1) is 0 Å². The van der Waals surface area contributed by atoms with Crippen molar-refractivity contribution in [2.75, 3.05) is 13.1 Å². The normalized spacial score (nSPS) is 16.7. The van der Waals surface area contributed by atoms with E-state index in [1.165, 1.54) is 43.2 Å². The monoisotopic (exact) mass is 261 g/mol. The first-order valence-corrected chi connectivity index (χ1v) is 7.79. The van der Waals surface area contributed by atoms with Crippen LogP contribution in [0.15, 0.2) is 24.3 Å². The van der Waals surface area contributed by atoms with Gasteiger partial charge in [0.1, 0.15) is 0 Å². The van der Waals surface area contributed by atoms with Crippen LogP contribution in [0, 0.1) is 0 Å². The second kappa shape index (κ2) is 8.34. The van der Waals surface area contributed by atoms with E-state index in [9.17, 15) is 0 Å². The molecule has 1 aliphatic rings. The molecule has 0 saturated heterocycles. The minimum absolute atomic E-state index is 0.496. The van der Waals surface area contributed by atoms with Crippen LogP contribution < -0.4 is 5.32 Å². The molecule has 19 heavy (non-hydrogen) atoms. The third-order valence-electron chi connectivity index (χ3n) is 3.97. The first kappa shape index (κ1) is 14.5. The topological polar surface area (TPSA) is 21.3 Å². The van der Waals surface area contributed by atoms with Gasteiger partial charge in [-0.2, -0.15) is 0 Å². The van der Waals surface area contributed by atoms with E-state index in [0.717, 1.165) is 26.1 Å². The van der Waals surface area contributed by atoms with E-state index in [4.69, 9.17) is 4.74 Å². The highest BCUT2D eigenvalue weighted by Gasteiger charge is 2.14. The molecule has 0 heterocycles. The van der Waals surface area contributed by atoms with Gasteiger partial charge in [-0.25, -0.2) is 0 Å². The Morgan fingerprint density at radius 1 is 1.11 bits per heavy atom. The van der Waals surface area contributed by atoms with E-state index in [1.54, 1.807) is 0 Å². The van der Waals surface area contributed by atoms with E-state index >= 15 is 0 Å². The summed E-state index contributed by atoms with van der Waals surface area (Å²) in [4.78, 5) is 0. The standard InChI is InChI=1S/C17H27NO/c1-2-18-13-12-15-8-6-7-9-16(15)14-19-17-10-4-3-5-11-17/h6-9,17-18H,2-5,10-14H2,1H3. The largest absolute Gasteiger partial charge is 0.374 e. The maximum absolute atomic E-state index is 6.10. The van der Waals surface area contributed by atoms with Crippen LogP contribution in [0.2, 0.25) is 0 Å². The molecule has 1 aliphatic carbocycles. The van der Waals surface area contributed by atoms with Crippen LogP contribution in [0.1, 0.15) is 50.2 Å². The predicted octanol–water partition coefficient (Wildman–Crippen LogP) is 3.69. The molecule has 0 radical (unpaired) electrons. The minimum Gasteiger partial charge on any atom is -0.374 e. The van der Waals surface area contributed by atoms with Gasteiger partial charge < -0.3 is 10.1 Å². The predicted molar refractivity (Wildman–Crippen MR) is 80.4 cm³/mol. The third-order valence-corrected chi connectivity index (χ3v) is 3.97. The molecule has 1 N–H and O–H groups in total. The number of rotatable bonds is 7. The second-order valence-electron chi connectivity index (χ2n) is 5.44. The molecule has 2 rings (SSSR count). The number of hydrogen-bond acceptors (Lipinski definition) is 2. The van der Waals surface area contributed by atoms with E-state index in [-0.39, 0.29) is 0 Å². The van der Waals surface area contributed by atoms with Crippen LogP contribution >= 0.6 is 0 Å². The minimum atomic E-state index is 0.496. The molecule has 0 spiro atoms. The van der Waals surface area contributed by atoms with Crippen molar-refractivity contribution in [3.8, 4) is 0 Å². The van der Waals surface area contributed by atoms with Gasteiger partial charge in [0.15, 0.2) is 0 Å². The lowest BCUT2D eigenvalue weighted by molar-refractivity contribution is 0.0165. The van der Waals surface area contributed by atoms with E-state index in [0.29, 0.717) is 6.10 Å². The van der Waals surface area contributed by atoms with Gasteiger partial charge in [-0.05, 0) is 43.5 Å². The number of nitrogens with one attached hydrogen (secondary N) is 1. The van der Waals surface area contributed by atoms with Crippen molar-refractivity contribution in [3.05, 3.63) is 35.4 Å². The number of likely N-dealkylation sites (N-methyl/N-ethyl adjacent to an activating group) is 1. The fraction of sp³-hybridized carbons (Fsp3) is 0.647. The molecule has 0 atom stereocenters. The molecule has 1 fully saturated rings. The molecule has 0 amide bonds. The summed E-state index contributed by atoms with van der Waals surface area (Å²) >= 11 is 0. The van der Waals surface area contributed by atoms with Crippen LogP contribution in [0.5, 0.6) is 0 Å². The zero-order valence-corrected chi connectivity index (χ0v) is 12.2. The van der Waals surface area contributed by atoms with Crippen molar-refractivity contribution in [1.29, 1.82) is 0 Å². The number of ether oxygens (including phenoxy) is 1. The average molecular weight is 261 g/mol. The van der Waals surface area contributed by atoms with Gasteiger partial charge in [-0.1, -0.05) is 50.5 Å². The van der Waals surface area contributed by atoms with E-state index in [2.05, 4.69) is 36.5 Å². The molecule has 0 aliphatic heterocycles. The summed E-state index contributed by atoms with van der Waals surface area (Å²) in [5.74, 6) is 0. The highest BCUT2D eigenvalue weighted by atomic mass is 16.5. The summed E-state index contributed by atoms with van der Waals surface area (Å²) in [5, 5.41) is 3.39. The van der Waals surface area contributed by atoms with Crippen LogP contribution in [0.4, 0.5) is 0 Å². The van der Waals surface area contributed by atoms with Gasteiger partial charge in [0.25, 0.3) is 0 Å². The van der Waals surface area contributed by atoms with Crippen molar-refractivity contribution >= 4 is 0 Å². The molecule has 1 aromatic carbocycles. The van der Waals surface area contributed by atoms with Gasteiger partial charge in [0.05, 0.1) is 12.7 Å². The Balaban J connectivity index is 1.84. The van der Waals surface area contributed by atoms with Crippen molar-refractivity contribution in [1.82, 2.24) is 5.32 Å². The molecular formula is C17H27NO. The molecule has 0 aromatic heterocycles. The Kier molecular flexibility index (Phi) is 6.38. The molecule has 2 heteroatoms. The van der Waals surface area contributed by atoms with Gasteiger partial charge >= 0.3 is 0 Å². The lowest BCUT2D eigenvalue weighted by atomic mass is 9.97. The van der Waals surface area contributed by atoms with Crippen LogP contribution in [0.3, 0.4) is 0 Å². The van der Waals surface area contributed by atoms with Crippen molar-refractivity contribution in [3.63, 3.8) is 0 Å². The van der Waals surface area contributed by atoms with E-state index < -0.39 is 0 Å². The molecule has 0 unspecified atom stereocenters. The maximum Gasteiger partial charge on any atom is 0.0723 e. The lowest BCUT2D eigenvalue weighted by Crippen LogP contribution is -2.18. The van der Waals surface area contributed by atoms with Crippen LogP contribution in [-0.4, -0.2) is 19.2 Å². The molecule has 1 saturated carbocycles. The van der Waals surface area contributed by atoms with Gasteiger partial charge in [-0.3, -0.25) is 0 Å². The third kappa shape index (κ3) is 4.96. The van der Waals surface area contributed by atoms with Crippen molar-refractivity contribution in [2.24, 2.45) is 0 Å². The Hall–Kier alpha value is -0.860. The second-order valence-corrected chi connectivity index (χ2v) is 5.44. The van der Waals surface area contributed by atoms with Crippen molar-refractivity contribution in [2.45, 2.75) is 58.2 Å². The van der Waals surface area contributed by atoms with Gasteiger partial charge in [0.2, 0.25) is 0 Å². The highest BCUT2D eigenvalue weighted by molar-refractivity contribution is 5.26. The summed E-state index contributed by atoms with van der Waals surface area (Å²) < 4.78 is 6.10. The van der Waals surface area contributed by atoms with Gasteiger partial charge in [0, 0.05) is 0 Å². The molecule has 0 bridgehead atoms. The Bertz CT molecular complexity index is 358.